The smallest absolute Gasteiger partial charge is 0.242 e. The number of nitrogens with zero attached hydrogens (tertiary/aromatic N) is 1. The lowest BCUT2D eigenvalue weighted by Gasteiger charge is -2.24. The predicted molar refractivity (Wildman–Crippen MR) is 211 cm³/mol. The van der Waals surface area contributed by atoms with Crippen molar-refractivity contribution >= 4 is 11.8 Å². The third-order valence-electron chi connectivity index (χ3n) is 9.72. The van der Waals surface area contributed by atoms with E-state index in [1.807, 2.05) is 0 Å². The largest absolute Gasteiger partial charge is 0.354 e. The van der Waals surface area contributed by atoms with Crippen LogP contribution in [0.3, 0.4) is 0 Å². The second-order valence-electron chi connectivity index (χ2n) is 15.9. The third-order valence-corrected chi connectivity index (χ3v) is 9.72. The van der Waals surface area contributed by atoms with Crippen LogP contribution in [0.25, 0.3) is 0 Å². The summed E-state index contributed by atoms with van der Waals surface area (Å²) in [5.74, 6) is 0.0451. The van der Waals surface area contributed by atoms with Gasteiger partial charge in [-0.25, -0.2) is 0 Å². The zero-order valence-electron chi connectivity index (χ0n) is 33.3. The SMILES string of the molecule is CCCCCCCC/C=C/CCCCCCCC(=O)NC(CCCC[N+](C)(C)C)C(=O)NCCCCCCCCCCCCCCCC. The lowest BCUT2D eigenvalue weighted by Crippen LogP contribution is -2.47. The Bertz CT molecular complexity index is 730. The molecule has 0 spiro atoms. The second kappa shape index (κ2) is 35.5. The van der Waals surface area contributed by atoms with Crippen molar-refractivity contribution in [1.29, 1.82) is 0 Å². The monoisotopic (exact) mass is 677 g/mol. The van der Waals surface area contributed by atoms with E-state index in [4.69, 9.17) is 0 Å². The van der Waals surface area contributed by atoms with Crippen molar-refractivity contribution in [2.75, 3.05) is 34.2 Å². The first kappa shape index (κ1) is 46.6. The number of allylic oxidation sites excluding steroid dienone is 2. The van der Waals surface area contributed by atoms with E-state index in [-0.39, 0.29) is 11.8 Å². The molecule has 0 heterocycles. The molecule has 5 nitrogen and oxygen atoms in total. The third kappa shape index (κ3) is 35.9. The van der Waals surface area contributed by atoms with Gasteiger partial charge in [0.25, 0.3) is 0 Å². The second-order valence-corrected chi connectivity index (χ2v) is 15.9. The molecule has 0 aromatic heterocycles. The van der Waals surface area contributed by atoms with E-state index in [0.29, 0.717) is 6.42 Å². The van der Waals surface area contributed by atoms with E-state index >= 15 is 0 Å². The predicted octanol–water partition coefficient (Wildman–Crippen LogP) is 12.0. The van der Waals surface area contributed by atoms with Crippen LogP contribution in [0, 0.1) is 0 Å². The summed E-state index contributed by atoms with van der Waals surface area (Å²) >= 11 is 0. The number of amides is 2. The fourth-order valence-electron chi connectivity index (χ4n) is 6.48. The molecule has 0 rings (SSSR count). The van der Waals surface area contributed by atoms with Gasteiger partial charge in [0.15, 0.2) is 0 Å². The average molecular weight is 677 g/mol. The number of hydrogen-bond donors (Lipinski definition) is 2. The molecule has 0 aromatic carbocycles. The first-order valence-corrected chi connectivity index (χ1v) is 21.3. The molecule has 2 amide bonds. The van der Waals surface area contributed by atoms with Crippen molar-refractivity contribution in [2.24, 2.45) is 0 Å². The fourth-order valence-corrected chi connectivity index (χ4v) is 6.48. The summed E-state index contributed by atoms with van der Waals surface area (Å²) in [7, 11) is 6.61. The van der Waals surface area contributed by atoms with Crippen molar-refractivity contribution < 1.29 is 14.1 Å². The summed E-state index contributed by atoms with van der Waals surface area (Å²) in [5.41, 5.74) is 0. The molecule has 48 heavy (non-hydrogen) atoms. The van der Waals surface area contributed by atoms with Crippen LogP contribution in [0.15, 0.2) is 12.2 Å². The summed E-state index contributed by atoms with van der Waals surface area (Å²) in [6.07, 6.45) is 43.0. The summed E-state index contributed by atoms with van der Waals surface area (Å²) in [4.78, 5) is 25.9. The molecule has 0 aliphatic carbocycles. The molecular formula is C43H86N3O2+. The van der Waals surface area contributed by atoms with Gasteiger partial charge >= 0.3 is 0 Å². The maximum Gasteiger partial charge on any atom is 0.242 e. The molecule has 1 unspecified atom stereocenters. The molecule has 1 atom stereocenters. The van der Waals surface area contributed by atoms with Gasteiger partial charge in [-0.3, -0.25) is 9.59 Å². The number of carbonyl (C=O) groups is 2. The summed E-state index contributed by atoms with van der Waals surface area (Å²) < 4.78 is 0.928. The number of nitrogens with one attached hydrogen (secondary N) is 2. The van der Waals surface area contributed by atoms with Crippen molar-refractivity contribution in [3.8, 4) is 0 Å². The Balaban J connectivity index is 4.08. The van der Waals surface area contributed by atoms with Gasteiger partial charge in [0, 0.05) is 13.0 Å². The van der Waals surface area contributed by atoms with E-state index in [1.54, 1.807) is 0 Å². The first-order chi connectivity index (χ1) is 23.3. The van der Waals surface area contributed by atoms with Gasteiger partial charge in [0.2, 0.25) is 11.8 Å². The highest BCUT2D eigenvalue weighted by Crippen LogP contribution is 2.14. The Morgan fingerprint density at radius 3 is 1.40 bits per heavy atom. The Morgan fingerprint density at radius 2 is 0.938 bits per heavy atom. The van der Waals surface area contributed by atoms with Gasteiger partial charge in [0.05, 0.1) is 27.7 Å². The van der Waals surface area contributed by atoms with Crippen molar-refractivity contribution in [3.05, 3.63) is 12.2 Å². The van der Waals surface area contributed by atoms with Crippen LogP contribution in [0.4, 0.5) is 0 Å². The highest BCUT2D eigenvalue weighted by molar-refractivity contribution is 5.87. The number of carbonyl (C=O) groups excluding carboxylic acids is 2. The van der Waals surface area contributed by atoms with Crippen molar-refractivity contribution in [3.63, 3.8) is 0 Å². The van der Waals surface area contributed by atoms with Gasteiger partial charge in [-0.1, -0.05) is 161 Å². The molecule has 0 fully saturated rings. The van der Waals surface area contributed by atoms with Crippen LogP contribution in [0.2, 0.25) is 0 Å². The topological polar surface area (TPSA) is 58.2 Å². The molecule has 0 saturated heterocycles. The fraction of sp³-hybridized carbons (Fsp3) is 0.907. The minimum absolute atomic E-state index is 0.00726. The van der Waals surface area contributed by atoms with Crippen LogP contribution >= 0.6 is 0 Å². The van der Waals surface area contributed by atoms with Crippen molar-refractivity contribution in [1.82, 2.24) is 10.6 Å². The minimum Gasteiger partial charge on any atom is -0.354 e. The van der Waals surface area contributed by atoms with Gasteiger partial charge in [-0.15, -0.1) is 0 Å². The van der Waals surface area contributed by atoms with Gasteiger partial charge < -0.3 is 15.1 Å². The molecule has 0 bridgehead atoms. The Hall–Kier alpha value is -1.36. The van der Waals surface area contributed by atoms with E-state index in [2.05, 4.69) is 57.8 Å². The van der Waals surface area contributed by atoms with E-state index in [9.17, 15) is 9.59 Å². The van der Waals surface area contributed by atoms with Gasteiger partial charge in [-0.2, -0.15) is 0 Å². The molecule has 2 N–H and O–H groups in total. The molecule has 0 radical (unpaired) electrons. The summed E-state index contributed by atoms with van der Waals surface area (Å²) in [5, 5.41) is 6.25. The van der Waals surface area contributed by atoms with Crippen LogP contribution in [-0.2, 0) is 9.59 Å². The zero-order valence-corrected chi connectivity index (χ0v) is 33.3. The number of quaternary nitrogens is 1. The van der Waals surface area contributed by atoms with Gasteiger partial charge in [0.1, 0.15) is 6.04 Å². The molecule has 0 aliphatic rings. The Labute approximate surface area is 301 Å². The molecule has 284 valence electrons. The average Bonchev–Trinajstić information content (AvgIpc) is 3.05. The highest BCUT2D eigenvalue weighted by Gasteiger charge is 2.20. The molecule has 0 aliphatic heterocycles. The lowest BCUT2D eigenvalue weighted by molar-refractivity contribution is -0.870. The number of unbranched alkanes of at least 4 members (excludes halogenated alkanes) is 25. The number of rotatable bonds is 37. The van der Waals surface area contributed by atoms with Crippen molar-refractivity contribution in [2.45, 2.75) is 219 Å². The Morgan fingerprint density at radius 1 is 0.521 bits per heavy atom. The van der Waals surface area contributed by atoms with Crippen LogP contribution in [-0.4, -0.2) is 56.6 Å². The van der Waals surface area contributed by atoms with E-state index in [1.165, 1.54) is 154 Å². The lowest BCUT2D eigenvalue weighted by atomic mass is 10.0. The quantitative estimate of drug-likeness (QED) is 0.0391. The molecular weight excluding hydrogens is 590 g/mol. The highest BCUT2D eigenvalue weighted by atomic mass is 16.2. The molecule has 0 aromatic rings. The van der Waals surface area contributed by atoms with Crippen LogP contribution < -0.4 is 10.6 Å². The molecule has 0 saturated carbocycles. The minimum atomic E-state index is -0.403. The molecule has 5 heteroatoms. The summed E-state index contributed by atoms with van der Waals surface area (Å²) in [6, 6.07) is -0.403. The maximum atomic E-state index is 13.1. The van der Waals surface area contributed by atoms with E-state index in [0.717, 1.165) is 56.1 Å². The summed E-state index contributed by atoms with van der Waals surface area (Å²) in [6.45, 7) is 6.35. The van der Waals surface area contributed by atoms with E-state index < -0.39 is 6.04 Å². The standard InChI is InChI=1S/C43H85N3O2/c1-6-8-10-12-14-16-18-20-22-23-25-27-29-31-33-38-42(47)45-41(37-34-36-40-46(3,4)5)43(48)44-39-35-32-30-28-26-24-21-19-17-15-13-11-9-7-2/h20,22,41H,6-19,21,23-40H2,1-5H3,(H-,44,45,47,48)/p+1/b22-20+. The number of hydrogen-bond acceptors (Lipinski definition) is 2. The zero-order chi connectivity index (χ0) is 35.4. The maximum absolute atomic E-state index is 13.1. The van der Waals surface area contributed by atoms with Crippen LogP contribution in [0.1, 0.15) is 213 Å². The normalized spacial score (nSPS) is 12.5. The first-order valence-electron chi connectivity index (χ1n) is 21.3. The van der Waals surface area contributed by atoms with Crippen LogP contribution in [0.5, 0.6) is 0 Å². The Kier molecular flexibility index (Phi) is 34.5. The van der Waals surface area contributed by atoms with Gasteiger partial charge in [-0.05, 0) is 57.8 Å².